The highest BCUT2D eigenvalue weighted by molar-refractivity contribution is 6.31. The number of benzene rings is 3. The Labute approximate surface area is 193 Å². The molecule has 0 atom stereocenters. The quantitative estimate of drug-likeness (QED) is 0.466. The highest BCUT2D eigenvalue weighted by Crippen LogP contribution is 2.27. The Balaban J connectivity index is 1.75. The molecule has 0 saturated heterocycles. The van der Waals surface area contributed by atoms with E-state index in [4.69, 9.17) is 25.8 Å². The molecule has 0 fully saturated rings. The second kappa shape index (κ2) is 11.4. The molecule has 3 aromatic carbocycles. The largest absolute Gasteiger partial charge is 0.497 e. The van der Waals surface area contributed by atoms with E-state index in [0.29, 0.717) is 29.5 Å². The average molecular weight is 455 g/mol. The molecule has 0 aliphatic carbocycles. The van der Waals surface area contributed by atoms with Gasteiger partial charge in [0.05, 0.1) is 33.6 Å². The molecule has 0 aliphatic heterocycles. The van der Waals surface area contributed by atoms with E-state index < -0.39 is 0 Å². The first-order chi connectivity index (χ1) is 15.5. The van der Waals surface area contributed by atoms with E-state index in [-0.39, 0.29) is 12.5 Å². The molecule has 6 nitrogen and oxygen atoms in total. The Kier molecular flexibility index (Phi) is 8.36. The molecule has 0 radical (unpaired) electrons. The molecule has 0 bridgehead atoms. The van der Waals surface area contributed by atoms with Crippen LogP contribution in [0.15, 0.2) is 66.7 Å². The van der Waals surface area contributed by atoms with E-state index in [2.05, 4.69) is 10.2 Å². The maximum Gasteiger partial charge on any atom is 0.238 e. The molecule has 1 amide bonds. The third-order valence-corrected chi connectivity index (χ3v) is 5.17. The van der Waals surface area contributed by atoms with Crippen LogP contribution in [0, 0.1) is 0 Å². The molecule has 32 heavy (non-hydrogen) atoms. The van der Waals surface area contributed by atoms with Crippen molar-refractivity contribution in [1.29, 1.82) is 0 Å². The molecule has 0 spiro atoms. The SMILES string of the molecule is COc1ccc(CN(CC(=O)Nc2cc(Cl)ccc2OC)Cc2ccc(OC)cc2)cc1. The molecule has 3 rings (SSSR count). The van der Waals surface area contributed by atoms with E-state index >= 15 is 0 Å². The van der Waals surface area contributed by atoms with Gasteiger partial charge in [0.25, 0.3) is 0 Å². The molecule has 168 valence electrons. The summed E-state index contributed by atoms with van der Waals surface area (Å²) in [5, 5.41) is 3.43. The summed E-state index contributed by atoms with van der Waals surface area (Å²) in [6, 6.07) is 20.8. The lowest BCUT2D eigenvalue weighted by molar-refractivity contribution is -0.117. The lowest BCUT2D eigenvalue weighted by Crippen LogP contribution is -2.32. The zero-order valence-corrected chi connectivity index (χ0v) is 19.2. The van der Waals surface area contributed by atoms with Gasteiger partial charge in [0.2, 0.25) is 5.91 Å². The van der Waals surface area contributed by atoms with Crippen LogP contribution in [0.25, 0.3) is 0 Å². The normalized spacial score (nSPS) is 10.7. The Morgan fingerprint density at radius 2 is 1.34 bits per heavy atom. The number of hydrogen-bond acceptors (Lipinski definition) is 5. The van der Waals surface area contributed by atoms with Crippen LogP contribution in [0.1, 0.15) is 11.1 Å². The molecule has 1 N–H and O–H groups in total. The van der Waals surface area contributed by atoms with Crippen molar-refractivity contribution in [2.45, 2.75) is 13.1 Å². The number of nitrogens with zero attached hydrogens (tertiary/aromatic N) is 1. The third-order valence-electron chi connectivity index (χ3n) is 4.93. The first-order valence-electron chi connectivity index (χ1n) is 10.1. The number of rotatable bonds is 10. The topological polar surface area (TPSA) is 60.0 Å². The number of carbonyl (C=O) groups is 1. The van der Waals surface area contributed by atoms with Gasteiger partial charge >= 0.3 is 0 Å². The van der Waals surface area contributed by atoms with Crippen LogP contribution in [0.2, 0.25) is 5.02 Å². The van der Waals surface area contributed by atoms with Crippen molar-refractivity contribution >= 4 is 23.2 Å². The summed E-state index contributed by atoms with van der Waals surface area (Å²) in [5.41, 5.74) is 2.69. The van der Waals surface area contributed by atoms with E-state index in [1.54, 1.807) is 39.5 Å². The first-order valence-corrected chi connectivity index (χ1v) is 10.5. The maximum atomic E-state index is 12.9. The van der Waals surface area contributed by atoms with Crippen molar-refractivity contribution in [3.63, 3.8) is 0 Å². The Hall–Kier alpha value is -3.22. The fourth-order valence-corrected chi connectivity index (χ4v) is 3.49. The number of carbonyl (C=O) groups excluding carboxylic acids is 1. The van der Waals surface area contributed by atoms with Gasteiger partial charge in [0, 0.05) is 18.1 Å². The van der Waals surface area contributed by atoms with E-state index in [1.165, 1.54) is 0 Å². The molecule has 7 heteroatoms. The molecule has 0 aromatic heterocycles. The average Bonchev–Trinajstić information content (AvgIpc) is 2.80. The first kappa shape index (κ1) is 23.4. The van der Waals surface area contributed by atoms with Crippen LogP contribution in [0.3, 0.4) is 0 Å². The minimum Gasteiger partial charge on any atom is -0.497 e. The van der Waals surface area contributed by atoms with Crippen molar-refractivity contribution in [2.24, 2.45) is 0 Å². The minimum atomic E-state index is -0.160. The van der Waals surface area contributed by atoms with Crippen LogP contribution in [-0.4, -0.2) is 38.7 Å². The highest BCUT2D eigenvalue weighted by Gasteiger charge is 2.15. The van der Waals surface area contributed by atoms with Crippen LogP contribution in [-0.2, 0) is 17.9 Å². The van der Waals surface area contributed by atoms with E-state index in [9.17, 15) is 4.79 Å². The van der Waals surface area contributed by atoms with Crippen molar-refractivity contribution < 1.29 is 19.0 Å². The number of anilines is 1. The predicted octanol–water partition coefficient (Wildman–Crippen LogP) is 5.01. The number of amides is 1. The van der Waals surface area contributed by atoms with Crippen LogP contribution < -0.4 is 19.5 Å². The maximum absolute atomic E-state index is 12.9. The molecule has 0 saturated carbocycles. The fourth-order valence-electron chi connectivity index (χ4n) is 3.32. The predicted molar refractivity (Wildman–Crippen MR) is 127 cm³/mol. The van der Waals surface area contributed by atoms with Gasteiger partial charge in [-0.25, -0.2) is 0 Å². The van der Waals surface area contributed by atoms with Crippen molar-refractivity contribution in [3.8, 4) is 17.2 Å². The summed E-state index contributed by atoms with van der Waals surface area (Å²) in [6.07, 6.45) is 0. The number of hydrogen-bond donors (Lipinski definition) is 1. The molecular formula is C25H27ClN2O4. The molecule has 0 unspecified atom stereocenters. The fraction of sp³-hybridized carbons (Fsp3) is 0.240. The Bertz CT molecular complexity index is 974. The summed E-state index contributed by atoms with van der Waals surface area (Å²) in [6.45, 7) is 1.37. The lowest BCUT2D eigenvalue weighted by Gasteiger charge is -2.23. The van der Waals surface area contributed by atoms with Gasteiger partial charge in [0.1, 0.15) is 17.2 Å². The van der Waals surface area contributed by atoms with Gasteiger partial charge in [-0.05, 0) is 53.6 Å². The second-order valence-corrected chi connectivity index (χ2v) is 7.67. The van der Waals surface area contributed by atoms with E-state index in [0.717, 1.165) is 22.6 Å². The Morgan fingerprint density at radius 1 is 0.812 bits per heavy atom. The summed E-state index contributed by atoms with van der Waals surface area (Å²) in [4.78, 5) is 15.0. The third kappa shape index (κ3) is 6.64. The second-order valence-electron chi connectivity index (χ2n) is 7.23. The summed E-state index contributed by atoms with van der Waals surface area (Å²) >= 11 is 6.09. The van der Waals surface area contributed by atoms with Crippen LogP contribution in [0.4, 0.5) is 5.69 Å². The number of methoxy groups -OCH3 is 3. The molecule has 3 aromatic rings. The molecule has 0 heterocycles. The van der Waals surface area contributed by atoms with Gasteiger partial charge in [-0.2, -0.15) is 0 Å². The highest BCUT2D eigenvalue weighted by atomic mass is 35.5. The summed E-state index contributed by atoms with van der Waals surface area (Å²) in [7, 11) is 4.83. The van der Waals surface area contributed by atoms with Crippen LogP contribution >= 0.6 is 11.6 Å². The lowest BCUT2D eigenvalue weighted by atomic mass is 10.1. The standard InChI is InChI=1S/C25H27ClN2O4/c1-30-21-9-4-18(5-10-21)15-28(16-19-6-11-22(31-2)12-7-19)17-25(29)27-23-14-20(26)8-13-24(23)32-3/h4-14H,15-17H2,1-3H3,(H,27,29). The zero-order valence-electron chi connectivity index (χ0n) is 18.4. The Morgan fingerprint density at radius 3 is 1.81 bits per heavy atom. The number of ether oxygens (including phenoxy) is 3. The van der Waals surface area contributed by atoms with Gasteiger partial charge in [0.15, 0.2) is 0 Å². The summed E-state index contributed by atoms with van der Waals surface area (Å²) < 4.78 is 15.8. The van der Waals surface area contributed by atoms with Gasteiger partial charge in [-0.1, -0.05) is 35.9 Å². The molecule has 0 aliphatic rings. The monoisotopic (exact) mass is 454 g/mol. The van der Waals surface area contributed by atoms with Crippen molar-refractivity contribution in [1.82, 2.24) is 4.90 Å². The zero-order chi connectivity index (χ0) is 22.9. The van der Waals surface area contributed by atoms with E-state index in [1.807, 2.05) is 48.5 Å². The molecular weight excluding hydrogens is 428 g/mol. The van der Waals surface area contributed by atoms with Crippen molar-refractivity contribution in [2.75, 3.05) is 33.2 Å². The smallest absolute Gasteiger partial charge is 0.238 e. The van der Waals surface area contributed by atoms with Crippen molar-refractivity contribution in [3.05, 3.63) is 82.9 Å². The minimum absolute atomic E-state index is 0.160. The number of nitrogens with one attached hydrogen (secondary N) is 1. The number of halogens is 1. The van der Waals surface area contributed by atoms with Gasteiger partial charge in [-0.15, -0.1) is 0 Å². The van der Waals surface area contributed by atoms with Gasteiger partial charge < -0.3 is 19.5 Å². The van der Waals surface area contributed by atoms with Crippen LogP contribution in [0.5, 0.6) is 17.2 Å². The summed E-state index contributed by atoms with van der Waals surface area (Å²) in [5.74, 6) is 1.98. The van der Waals surface area contributed by atoms with Gasteiger partial charge in [-0.3, -0.25) is 9.69 Å².